The molecule has 6 heteroatoms. The highest BCUT2D eigenvalue weighted by Crippen LogP contribution is 2.19. The minimum Gasteiger partial charge on any atom is -0.466 e. The molecule has 0 saturated heterocycles. The molecule has 0 radical (unpaired) electrons. The van der Waals surface area contributed by atoms with Crippen LogP contribution < -0.4 is 5.32 Å². The molecule has 2 unspecified atom stereocenters. The van der Waals surface area contributed by atoms with E-state index in [1.807, 2.05) is 0 Å². The number of unbranched alkanes of at least 4 members (excludes halogenated alkanes) is 49. The molecular formula is C66H129NO5. The Morgan fingerprint density at radius 2 is 0.653 bits per heavy atom. The lowest BCUT2D eigenvalue weighted by atomic mass is 10.0. The lowest BCUT2D eigenvalue weighted by molar-refractivity contribution is -0.143. The summed E-state index contributed by atoms with van der Waals surface area (Å²) in [6.07, 6.45) is 75.1. The Bertz CT molecular complexity index is 1080. The molecule has 0 spiro atoms. The number of aliphatic hydroxyl groups is 2. The number of hydrogen-bond donors (Lipinski definition) is 3. The molecule has 0 rings (SSSR count). The monoisotopic (exact) mass is 1020 g/mol. The molecule has 0 aliphatic rings. The molecule has 72 heavy (non-hydrogen) atoms. The van der Waals surface area contributed by atoms with Gasteiger partial charge in [-0.05, 0) is 51.4 Å². The molecule has 0 bridgehead atoms. The zero-order valence-electron chi connectivity index (χ0n) is 48.9. The van der Waals surface area contributed by atoms with Gasteiger partial charge in [0.2, 0.25) is 5.91 Å². The van der Waals surface area contributed by atoms with Crippen molar-refractivity contribution in [2.24, 2.45) is 0 Å². The fraction of sp³-hybridized carbons (Fsp3) is 0.939. The van der Waals surface area contributed by atoms with E-state index in [2.05, 4.69) is 31.3 Å². The van der Waals surface area contributed by atoms with Crippen molar-refractivity contribution >= 4 is 11.9 Å². The number of carbonyl (C=O) groups is 2. The Hall–Kier alpha value is -1.40. The van der Waals surface area contributed by atoms with Gasteiger partial charge in [-0.15, -0.1) is 0 Å². The summed E-state index contributed by atoms with van der Waals surface area (Å²) in [6, 6.07) is -0.547. The lowest BCUT2D eigenvalue weighted by Gasteiger charge is -2.22. The Morgan fingerprint density at radius 1 is 0.375 bits per heavy atom. The first-order valence-corrected chi connectivity index (χ1v) is 32.9. The van der Waals surface area contributed by atoms with Crippen LogP contribution in [0.3, 0.4) is 0 Å². The standard InChI is InChI=1S/C66H129NO5/c1-3-5-7-9-11-13-15-17-19-21-23-24-25-26-30-34-38-42-46-50-54-58-64(69)63(62-68)67-65(70)59-55-51-47-43-39-35-31-28-29-33-37-41-45-49-53-57-61-72-66(71)60-56-52-48-44-40-36-32-27-22-20-18-16-14-12-10-8-6-4-2/h20,22,63-64,68-69H,3-19,21,23-62H2,1-2H3,(H,67,70)/b22-20-. The third-order valence-corrected chi connectivity index (χ3v) is 15.6. The Morgan fingerprint density at radius 3 is 0.986 bits per heavy atom. The average Bonchev–Trinajstić information content (AvgIpc) is 3.38. The minimum atomic E-state index is -0.670. The van der Waals surface area contributed by atoms with E-state index in [-0.39, 0.29) is 18.5 Å². The summed E-state index contributed by atoms with van der Waals surface area (Å²) in [5, 5.41) is 23.4. The van der Waals surface area contributed by atoms with E-state index >= 15 is 0 Å². The van der Waals surface area contributed by atoms with E-state index < -0.39 is 12.1 Å². The van der Waals surface area contributed by atoms with Gasteiger partial charge in [-0.3, -0.25) is 9.59 Å². The number of aliphatic hydroxyl groups excluding tert-OH is 2. The second kappa shape index (κ2) is 62.1. The zero-order chi connectivity index (χ0) is 52.2. The van der Waals surface area contributed by atoms with E-state index in [1.165, 1.54) is 295 Å². The molecule has 1 amide bonds. The van der Waals surface area contributed by atoms with Gasteiger partial charge in [-0.2, -0.15) is 0 Å². The molecule has 3 N–H and O–H groups in total. The largest absolute Gasteiger partial charge is 0.466 e. The van der Waals surface area contributed by atoms with Crippen molar-refractivity contribution in [3.05, 3.63) is 12.2 Å². The second-order valence-electron chi connectivity index (χ2n) is 22.8. The Kier molecular flexibility index (Phi) is 60.9. The second-order valence-corrected chi connectivity index (χ2v) is 22.8. The summed E-state index contributed by atoms with van der Waals surface area (Å²) < 4.78 is 5.49. The molecular weight excluding hydrogens is 887 g/mol. The molecule has 0 aromatic carbocycles. The highest BCUT2D eigenvalue weighted by atomic mass is 16.5. The minimum absolute atomic E-state index is 0.00165. The van der Waals surface area contributed by atoms with E-state index in [4.69, 9.17) is 4.74 Å². The summed E-state index contributed by atoms with van der Waals surface area (Å²) in [5.74, 6) is -0.0358. The predicted molar refractivity (Wildman–Crippen MR) is 315 cm³/mol. The first kappa shape index (κ1) is 70.6. The van der Waals surface area contributed by atoms with E-state index in [0.29, 0.717) is 25.9 Å². The molecule has 428 valence electrons. The summed E-state index contributed by atoms with van der Waals surface area (Å²) in [4.78, 5) is 24.6. The first-order valence-electron chi connectivity index (χ1n) is 32.9. The van der Waals surface area contributed by atoms with Gasteiger partial charge in [0, 0.05) is 12.8 Å². The van der Waals surface area contributed by atoms with Crippen molar-refractivity contribution < 1.29 is 24.5 Å². The van der Waals surface area contributed by atoms with Crippen LogP contribution in [0.4, 0.5) is 0 Å². The number of hydrogen-bond acceptors (Lipinski definition) is 5. The Balaban J connectivity index is 3.40. The van der Waals surface area contributed by atoms with Crippen molar-refractivity contribution in [2.45, 2.75) is 386 Å². The van der Waals surface area contributed by atoms with Crippen LogP contribution >= 0.6 is 0 Å². The highest BCUT2D eigenvalue weighted by molar-refractivity contribution is 5.76. The van der Waals surface area contributed by atoms with Gasteiger partial charge < -0.3 is 20.3 Å². The molecule has 6 nitrogen and oxygen atoms in total. The van der Waals surface area contributed by atoms with Crippen LogP contribution in [0.15, 0.2) is 12.2 Å². The van der Waals surface area contributed by atoms with Crippen molar-refractivity contribution in [2.75, 3.05) is 13.2 Å². The fourth-order valence-corrected chi connectivity index (χ4v) is 10.5. The summed E-state index contributed by atoms with van der Waals surface area (Å²) in [5.41, 5.74) is 0. The number of nitrogens with one attached hydrogen (secondary N) is 1. The molecule has 0 saturated carbocycles. The Labute approximate surface area is 450 Å². The number of allylic oxidation sites excluding steroid dienone is 2. The van der Waals surface area contributed by atoms with E-state index in [9.17, 15) is 19.8 Å². The predicted octanol–water partition coefficient (Wildman–Crippen LogP) is 20.8. The first-order chi connectivity index (χ1) is 35.5. The maximum atomic E-state index is 12.5. The van der Waals surface area contributed by atoms with Gasteiger partial charge in [-0.25, -0.2) is 0 Å². The van der Waals surface area contributed by atoms with Crippen molar-refractivity contribution in [3.8, 4) is 0 Å². The fourth-order valence-electron chi connectivity index (χ4n) is 10.5. The normalized spacial score (nSPS) is 12.6. The average molecular weight is 1020 g/mol. The third kappa shape index (κ3) is 57.9. The number of ether oxygens (including phenoxy) is 1. The molecule has 0 aliphatic heterocycles. The van der Waals surface area contributed by atoms with Crippen LogP contribution in [-0.2, 0) is 14.3 Å². The summed E-state index contributed by atoms with van der Waals surface area (Å²) in [6.45, 7) is 4.97. The van der Waals surface area contributed by atoms with Crippen molar-refractivity contribution in [3.63, 3.8) is 0 Å². The van der Waals surface area contributed by atoms with Gasteiger partial charge in [0.15, 0.2) is 0 Å². The maximum absolute atomic E-state index is 12.5. The van der Waals surface area contributed by atoms with Crippen LogP contribution in [0.5, 0.6) is 0 Å². The van der Waals surface area contributed by atoms with Gasteiger partial charge in [-0.1, -0.05) is 321 Å². The topological polar surface area (TPSA) is 95.9 Å². The van der Waals surface area contributed by atoms with E-state index in [1.54, 1.807) is 0 Å². The van der Waals surface area contributed by atoms with Crippen molar-refractivity contribution in [1.29, 1.82) is 0 Å². The smallest absolute Gasteiger partial charge is 0.305 e. The van der Waals surface area contributed by atoms with Gasteiger partial charge in [0.25, 0.3) is 0 Å². The van der Waals surface area contributed by atoms with Crippen molar-refractivity contribution in [1.82, 2.24) is 5.32 Å². The van der Waals surface area contributed by atoms with Crippen LogP contribution in [0.2, 0.25) is 0 Å². The number of rotatable bonds is 62. The van der Waals surface area contributed by atoms with E-state index in [0.717, 1.165) is 44.9 Å². The third-order valence-electron chi connectivity index (χ3n) is 15.6. The van der Waals surface area contributed by atoms with Gasteiger partial charge >= 0.3 is 5.97 Å². The number of carbonyl (C=O) groups excluding carboxylic acids is 2. The molecule has 0 aromatic heterocycles. The number of esters is 1. The van der Waals surface area contributed by atoms with Crippen LogP contribution in [0, 0.1) is 0 Å². The van der Waals surface area contributed by atoms with Crippen LogP contribution in [-0.4, -0.2) is 47.4 Å². The molecule has 2 atom stereocenters. The quantitative estimate of drug-likeness (QED) is 0.0320. The summed E-state index contributed by atoms with van der Waals surface area (Å²) >= 11 is 0. The molecule has 0 heterocycles. The van der Waals surface area contributed by atoms with Gasteiger partial charge in [0.1, 0.15) is 0 Å². The highest BCUT2D eigenvalue weighted by Gasteiger charge is 2.20. The van der Waals surface area contributed by atoms with Crippen LogP contribution in [0.25, 0.3) is 0 Å². The lowest BCUT2D eigenvalue weighted by Crippen LogP contribution is -2.45. The molecule has 0 aliphatic carbocycles. The SMILES string of the molecule is CCCCCCCCC/C=C\CCCCCCCCCC(=O)OCCCCCCCCCCCCCCCCCCC(=O)NC(CO)C(O)CCCCCCCCCCCCCCCCCCCCCCC. The molecule has 0 fully saturated rings. The molecule has 0 aromatic rings. The van der Waals surface area contributed by atoms with Crippen LogP contribution in [0.1, 0.15) is 373 Å². The number of amides is 1. The zero-order valence-corrected chi connectivity index (χ0v) is 48.9. The summed E-state index contributed by atoms with van der Waals surface area (Å²) in [7, 11) is 0. The maximum Gasteiger partial charge on any atom is 0.305 e. The van der Waals surface area contributed by atoms with Gasteiger partial charge in [0.05, 0.1) is 25.4 Å².